The van der Waals surface area contributed by atoms with Crippen molar-refractivity contribution in [2.75, 3.05) is 65.0 Å². The van der Waals surface area contributed by atoms with Crippen molar-refractivity contribution >= 4 is 27.5 Å². The highest BCUT2D eigenvalue weighted by Gasteiger charge is 2.31. The molecule has 0 radical (unpaired) electrons. The summed E-state index contributed by atoms with van der Waals surface area (Å²) in [6.45, 7) is 7.39. The third-order valence-electron chi connectivity index (χ3n) is 7.23. The number of benzene rings is 1. The molecular formula is C29H50N4O7S. The van der Waals surface area contributed by atoms with Gasteiger partial charge in [0.15, 0.2) is 0 Å². The number of aliphatic hydroxyl groups excluding tert-OH is 1. The van der Waals surface area contributed by atoms with Crippen LogP contribution in [0.5, 0.6) is 5.75 Å². The van der Waals surface area contributed by atoms with Gasteiger partial charge in [-0.25, -0.2) is 8.42 Å². The molecule has 0 bridgehead atoms. The zero-order chi connectivity index (χ0) is 30.7. The lowest BCUT2D eigenvalue weighted by Gasteiger charge is -2.36. The van der Waals surface area contributed by atoms with Crippen molar-refractivity contribution in [1.82, 2.24) is 14.7 Å². The number of fused-ring (bicyclic) bond motifs is 1. The first-order valence-electron chi connectivity index (χ1n) is 14.4. The largest absolute Gasteiger partial charge is 0.490 e. The summed E-state index contributed by atoms with van der Waals surface area (Å²) in [6.07, 6.45) is 4.15. The topological polar surface area (TPSA) is 129 Å². The minimum absolute atomic E-state index is 0.0459. The summed E-state index contributed by atoms with van der Waals surface area (Å²) in [6, 6.07) is 4.13. The number of sulfonamides is 1. The Labute approximate surface area is 246 Å². The first-order chi connectivity index (χ1) is 19.2. The van der Waals surface area contributed by atoms with Crippen molar-refractivity contribution in [3.8, 4) is 5.75 Å². The molecule has 2 N–H and O–H groups in total. The third kappa shape index (κ3) is 11.8. The Hall–Kier alpha value is -2.41. The van der Waals surface area contributed by atoms with E-state index in [-0.39, 0.29) is 54.3 Å². The maximum atomic E-state index is 14.0. The minimum Gasteiger partial charge on any atom is -0.490 e. The molecule has 2 rings (SSSR count). The number of ether oxygens (including phenoxy) is 2. The number of carbonyl (C=O) groups excluding carboxylic acids is 2. The Bertz CT molecular complexity index is 1100. The fourth-order valence-electron chi connectivity index (χ4n) is 4.77. The van der Waals surface area contributed by atoms with E-state index in [1.165, 1.54) is 6.07 Å². The molecule has 234 valence electrons. The average molecular weight is 599 g/mol. The van der Waals surface area contributed by atoms with E-state index in [2.05, 4.69) is 4.72 Å². The van der Waals surface area contributed by atoms with Gasteiger partial charge in [0.05, 0.1) is 36.7 Å². The molecule has 0 aliphatic carbocycles. The Kier molecular flexibility index (Phi) is 13.8. The molecular weight excluding hydrogens is 548 g/mol. The summed E-state index contributed by atoms with van der Waals surface area (Å²) in [5.74, 6) is -0.156. The highest BCUT2D eigenvalue weighted by Crippen LogP contribution is 2.28. The number of hydrogen-bond donors (Lipinski definition) is 2. The van der Waals surface area contributed by atoms with Gasteiger partial charge in [0.2, 0.25) is 15.9 Å². The molecule has 0 fully saturated rings. The summed E-state index contributed by atoms with van der Waals surface area (Å²) < 4.78 is 38.7. The molecule has 2 amide bonds. The summed E-state index contributed by atoms with van der Waals surface area (Å²) in [7, 11) is 2.17. The van der Waals surface area contributed by atoms with Crippen LogP contribution in [0.4, 0.5) is 5.69 Å². The predicted octanol–water partition coefficient (Wildman–Crippen LogP) is 2.65. The molecule has 1 aromatic carbocycles. The van der Waals surface area contributed by atoms with E-state index < -0.39 is 16.1 Å². The molecule has 11 nitrogen and oxygen atoms in total. The standard InChI is InChI=1S/C29H50N4O7S/c1-21-18-33(22(2)20-34)29(36)25-17-24(30-41(7,37)38)13-14-26(25)40-23(3)11-8-9-16-39-27(21)19-32(6)28(35)12-10-15-31(4)5/h13-14,17,21-23,27,30,34H,8-12,15-16,18-20H2,1-7H3/t21-,22-,23-,27-/m1/s1. The van der Waals surface area contributed by atoms with Gasteiger partial charge in [-0.2, -0.15) is 0 Å². The molecule has 0 unspecified atom stereocenters. The number of nitrogens with one attached hydrogen (secondary N) is 1. The summed E-state index contributed by atoms with van der Waals surface area (Å²) >= 11 is 0. The molecule has 0 spiro atoms. The van der Waals surface area contributed by atoms with Crippen molar-refractivity contribution in [1.29, 1.82) is 0 Å². The smallest absolute Gasteiger partial charge is 0.258 e. The molecule has 0 saturated heterocycles. The first kappa shape index (κ1) is 34.8. The van der Waals surface area contributed by atoms with Crippen LogP contribution in [0.2, 0.25) is 0 Å². The van der Waals surface area contributed by atoms with Crippen molar-refractivity contribution in [2.45, 2.75) is 71.1 Å². The minimum atomic E-state index is -3.57. The normalized spacial score (nSPS) is 21.9. The maximum absolute atomic E-state index is 14.0. The number of anilines is 1. The highest BCUT2D eigenvalue weighted by atomic mass is 32.2. The Morgan fingerprint density at radius 3 is 2.56 bits per heavy atom. The number of nitrogens with zero attached hydrogens (tertiary/aromatic N) is 3. The molecule has 4 atom stereocenters. The molecule has 1 aliphatic rings. The zero-order valence-corrected chi connectivity index (χ0v) is 26.6. The first-order valence-corrected chi connectivity index (χ1v) is 16.3. The lowest BCUT2D eigenvalue weighted by molar-refractivity contribution is -0.132. The van der Waals surface area contributed by atoms with E-state index in [4.69, 9.17) is 9.47 Å². The van der Waals surface area contributed by atoms with E-state index in [1.807, 2.05) is 32.8 Å². The number of aliphatic hydroxyl groups is 1. The van der Waals surface area contributed by atoms with Gasteiger partial charge in [0.25, 0.3) is 5.91 Å². The van der Waals surface area contributed by atoms with Crippen LogP contribution >= 0.6 is 0 Å². The van der Waals surface area contributed by atoms with Crippen LogP contribution in [0.1, 0.15) is 63.2 Å². The molecule has 1 aliphatic heterocycles. The summed E-state index contributed by atoms with van der Waals surface area (Å²) in [4.78, 5) is 32.2. The molecule has 41 heavy (non-hydrogen) atoms. The fraction of sp³-hybridized carbons (Fsp3) is 0.724. The van der Waals surface area contributed by atoms with Crippen LogP contribution in [0.15, 0.2) is 18.2 Å². The van der Waals surface area contributed by atoms with Gasteiger partial charge >= 0.3 is 0 Å². The van der Waals surface area contributed by atoms with Crippen molar-refractivity contribution in [3.05, 3.63) is 23.8 Å². The lowest BCUT2D eigenvalue weighted by atomic mass is 10.0. The molecule has 1 heterocycles. The number of rotatable bonds is 10. The van der Waals surface area contributed by atoms with Gasteiger partial charge in [-0.15, -0.1) is 0 Å². The second-order valence-electron chi connectivity index (χ2n) is 11.6. The van der Waals surface area contributed by atoms with Crippen LogP contribution in [-0.2, 0) is 19.6 Å². The van der Waals surface area contributed by atoms with Gasteiger partial charge in [0.1, 0.15) is 5.75 Å². The second kappa shape index (κ2) is 16.3. The summed E-state index contributed by atoms with van der Waals surface area (Å²) in [5, 5.41) is 10.1. The SMILES string of the molecule is C[C@@H]1CCCCO[C@H](CN(C)C(=O)CCCN(C)C)[C@H](C)CN([C@H](C)CO)C(=O)c2cc(NS(C)(=O)=O)ccc2O1. The Balaban J connectivity index is 2.39. The second-order valence-corrected chi connectivity index (χ2v) is 13.3. The van der Waals surface area contributed by atoms with Crippen LogP contribution in [0.25, 0.3) is 0 Å². The van der Waals surface area contributed by atoms with Crippen LogP contribution in [-0.4, -0.2) is 119 Å². The maximum Gasteiger partial charge on any atom is 0.258 e. The third-order valence-corrected chi connectivity index (χ3v) is 7.84. The monoisotopic (exact) mass is 598 g/mol. The average Bonchev–Trinajstić information content (AvgIpc) is 2.89. The van der Waals surface area contributed by atoms with Crippen molar-refractivity contribution in [2.24, 2.45) is 5.92 Å². The van der Waals surface area contributed by atoms with E-state index in [9.17, 15) is 23.1 Å². The van der Waals surface area contributed by atoms with Gasteiger partial charge in [-0.3, -0.25) is 14.3 Å². The number of likely N-dealkylation sites (N-methyl/N-ethyl adjacent to an activating group) is 1. The van der Waals surface area contributed by atoms with Gasteiger partial charge < -0.3 is 29.3 Å². The van der Waals surface area contributed by atoms with E-state index >= 15 is 0 Å². The number of carbonyl (C=O) groups is 2. The molecule has 0 aromatic heterocycles. The molecule has 12 heteroatoms. The van der Waals surface area contributed by atoms with Crippen LogP contribution in [0, 0.1) is 5.92 Å². The van der Waals surface area contributed by atoms with Gasteiger partial charge in [0, 0.05) is 44.8 Å². The van der Waals surface area contributed by atoms with Crippen molar-refractivity contribution < 1.29 is 32.6 Å². The lowest BCUT2D eigenvalue weighted by Crippen LogP contribution is -2.48. The van der Waals surface area contributed by atoms with E-state index in [0.29, 0.717) is 25.3 Å². The predicted molar refractivity (Wildman–Crippen MR) is 161 cm³/mol. The number of amides is 2. The Morgan fingerprint density at radius 1 is 1.22 bits per heavy atom. The molecule has 0 saturated carbocycles. The van der Waals surface area contributed by atoms with Crippen LogP contribution < -0.4 is 9.46 Å². The van der Waals surface area contributed by atoms with Crippen LogP contribution in [0.3, 0.4) is 0 Å². The summed E-state index contributed by atoms with van der Waals surface area (Å²) in [5.41, 5.74) is 0.456. The van der Waals surface area contributed by atoms with Gasteiger partial charge in [-0.05, 0) is 78.4 Å². The zero-order valence-electron chi connectivity index (χ0n) is 25.8. The van der Waals surface area contributed by atoms with E-state index in [1.54, 1.807) is 35.9 Å². The van der Waals surface area contributed by atoms with E-state index in [0.717, 1.165) is 38.5 Å². The van der Waals surface area contributed by atoms with Crippen molar-refractivity contribution in [3.63, 3.8) is 0 Å². The fourth-order valence-corrected chi connectivity index (χ4v) is 5.33. The highest BCUT2D eigenvalue weighted by molar-refractivity contribution is 7.92. The Morgan fingerprint density at radius 2 is 1.93 bits per heavy atom. The van der Waals surface area contributed by atoms with Gasteiger partial charge in [-0.1, -0.05) is 6.92 Å². The molecule has 1 aromatic rings. The quantitative estimate of drug-likeness (QED) is 0.421. The number of hydrogen-bond acceptors (Lipinski definition) is 8.